The van der Waals surface area contributed by atoms with Gasteiger partial charge in [0.15, 0.2) is 5.76 Å². The Bertz CT molecular complexity index is 1430. The molecular weight excluding hydrogens is 470 g/mol. The van der Waals surface area contributed by atoms with Gasteiger partial charge in [-0.2, -0.15) is 0 Å². The molecule has 2 heterocycles. The Balaban J connectivity index is 1.45. The summed E-state index contributed by atoms with van der Waals surface area (Å²) in [6.07, 6.45) is 3.73. The Kier molecular flexibility index (Phi) is 4.94. The molecule has 158 valence electrons. The largest absolute Gasteiger partial charge is 0.452 e. The molecule has 0 radical (unpaired) electrons. The molecule has 0 N–H and O–H groups in total. The maximum absolute atomic E-state index is 13.0. The highest BCUT2D eigenvalue weighted by Gasteiger charge is 2.30. The van der Waals surface area contributed by atoms with Gasteiger partial charge >= 0.3 is 5.97 Å². The van der Waals surface area contributed by atoms with Crippen LogP contribution in [0.2, 0.25) is 0 Å². The first-order chi connectivity index (χ1) is 15.4. The lowest BCUT2D eigenvalue weighted by Crippen LogP contribution is -2.08. The number of carbonyl (C=O) groups excluding carboxylic acids is 2. The summed E-state index contributed by atoms with van der Waals surface area (Å²) in [7, 11) is 1.96. The third-order valence-electron chi connectivity index (χ3n) is 5.45. The minimum atomic E-state index is -0.479. The fraction of sp³-hybridized carbons (Fsp3) is 0.0769. The van der Waals surface area contributed by atoms with E-state index in [1.54, 1.807) is 49.4 Å². The second-order valence-electron chi connectivity index (χ2n) is 7.66. The number of carbonyl (C=O) groups is 2. The van der Waals surface area contributed by atoms with E-state index < -0.39 is 5.97 Å². The Hall–Kier alpha value is -3.64. The number of rotatable bonds is 3. The van der Waals surface area contributed by atoms with Crippen molar-refractivity contribution in [3.63, 3.8) is 0 Å². The van der Waals surface area contributed by atoms with Crippen LogP contribution in [0.4, 0.5) is 0 Å². The number of aryl methyl sites for hydroxylation is 2. The lowest BCUT2D eigenvalue weighted by Gasteiger charge is -2.08. The van der Waals surface area contributed by atoms with E-state index in [2.05, 4.69) is 15.9 Å². The van der Waals surface area contributed by atoms with Crippen LogP contribution in [0, 0.1) is 6.92 Å². The molecule has 0 amide bonds. The zero-order valence-corrected chi connectivity index (χ0v) is 19.0. The zero-order valence-electron chi connectivity index (χ0n) is 17.4. The molecule has 1 aliphatic rings. The molecule has 0 saturated heterocycles. The van der Waals surface area contributed by atoms with Gasteiger partial charge in [0.25, 0.3) is 0 Å². The fourth-order valence-electron chi connectivity index (χ4n) is 3.92. The minimum Gasteiger partial charge on any atom is -0.452 e. The van der Waals surface area contributed by atoms with E-state index in [0.717, 1.165) is 20.9 Å². The molecule has 4 aromatic rings. The van der Waals surface area contributed by atoms with Crippen molar-refractivity contribution in [2.45, 2.75) is 6.92 Å². The van der Waals surface area contributed by atoms with Crippen molar-refractivity contribution in [3.05, 3.63) is 99.3 Å². The van der Waals surface area contributed by atoms with Crippen molar-refractivity contribution >= 4 is 44.7 Å². The number of fused-ring (bicyclic) bond motifs is 2. The van der Waals surface area contributed by atoms with E-state index in [-0.39, 0.29) is 11.5 Å². The minimum absolute atomic E-state index is 0.184. The predicted octanol–water partition coefficient (Wildman–Crippen LogP) is 6.08. The molecule has 3 aromatic carbocycles. The molecular formula is C26H18BrNO4. The van der Waals surface area contributed by atoms with E-state index in [1.165, 1.54) is 0 Å². The molecule has 0 fully saturated rings. The number of hydrogen-bond acceptors (Lipinski definition) is 4. The molecule has 0 atom stereocenters. The molecule has 1 aliphatic heterocycles. The number of esters is 1. The van der Waals surface area contributed by atoms with Gasteiger partial charge in [0.05, 0.1) is 11.1 Å². The standard InChI is InChI=1S/C26H18BrNO4/c1-15-11-19(31-26(30)16-7-9-18(27)10-8-16)13-22-24(15)25(29)23(32-22)12-17-14-28(2)21-6-4-3-5-20(17)21/h3-14H,1-2H3/b23-12-. The van der Waals surface area contributed by atoms with Gasteiger partial charge in [0.2, 0.25) is 5.78 Å². The summed E-state index contributed by atoms with van der Waals surface area (Å²) in [4.78, 5) is 25.5. The maximum Gasteiger partial charge on any atom is 0.343 e. The van der Waals surface area contributed by atoms with Crippen LogP contribution in [0.15, 0.2) is 77.1 Å². The van der Waals surface area contributed by atoms with Gasteiger partial charge in [0.1, 0.15) is 11.5 Å². The summed E-state index contributed by atoms with van der Waals surface area (Å²) >= 11 is 3.35. The maximum atomic E-state index is 13.0. The molecule has 0 bridgehead atoms. The van der Waals surface area contributed by atoms with Gasteiger partial charge in [-0.3, -0.25) is 4.79 Å². The normalized spacial score (nSPS) is 14.0. The second kappa shape index (κ2) is 7.80. The van der Waals surface area contributed by atoms with Crippen molar-refractivity contribution in [3.8, 4) is 11.5 Å². The quantitative estimate of drug-likeness (QED) is 0.199. The van der Waals surface area contributed by atoms with Crippen molar-refractivity contribution in [1.82, 2.24) is 4.57 Å². The number of aromatic nitrogens is 1. The first-order valence-corrected chi connectivity index (χ1v) is 10.8. The molecule has 0 aliphatic carbocycles. The van der Waals surface area contributed by atoms with Crippen LogP contribution < -0.4 is 9.47 Å². The summed E-state index contributed by atoms with van der Waals surface area (Å²) in [5.74, 6) is 0.299. The number of allylic oxidation sites excluding steroid dienone is 1. The van der Waals surface area contributed by atoms with Crippen molar-refractivity contribution in [1.29, 1.82) is 0 Å². The molecule has 5 rings (SSSR count). The van der Waals surface area contributed by atoms with Gasteiger partial charge in [-0.05, 0) is 55.0 Å². The van der Waals surface area contributed by atoms with Gasteiger partial charge in [-0.15, -0.1) is 0 Å². The van der Waals surface area contributed by atoms with E-state index in [4.69, 9.17) is 9.47 Å². The summed E-state index contributed by atoms with van der Waals surface area (Å²) in [6.45, 7) is 1.80. The topological polar surface area (TPSA) is 57.5 Å². The first-order valence-electron chi connectivity index (χ1n) is 10.0. The number of halogens is 1. The lowest BCUT2D eigenvalue weighted by atomic mass is 10.0. The zero-order chi connectivity index (χ0) is 22.4. The number of Topliss-reactive ketones (excluding diaryl/α,β-unsaturated/α-hetero) is 1. The van der Waals surface area contributed by atoms with E-state index in [9.17, 15) is 9.59 Å². The van der Waals surface area contributed by atoms with Crippen LogP contribution in [0.3, 0.4) is 0 Å². The summed E-state index contributed by atoms with van der Waals surface area (Å²) < 4.78 is 14.3. The van der Waals surface area contributed by atoms with Crippen molar-refractivity contribution in [2.24, 2.45) is 7.05 Å². The smallest absolute Gasteiger partial charge is 0.343 e. The summed E-state index contributed by atoms with van der Waals surface area (Å²) in [5.41, 5.74) is 3.58. The SMILES string of the molecule is Cc1cc(OC(=O)c2ccc(Br)cc2)cc2c1C(=O)/C(=C/c1cn(C)c3ccccc13)O2. The number of benzene rings is 3. The first kappa shape index (κ1) is 20.3. The van der Waals surface area contributed by atoms with Gasteiger partial charge < -0.3 is 14.0 Å². The van der Waals surface area contributed by atoms with Crippen LogP contribution in [-0.4, -0.2) is 16.3 Å². The Morgan fingerprint density at radius 1 is 1.09 bits per heavy atom. The summed E-state index contributed by atoms with van der Waals surface area (Å²) in [6, 6.07) is 18.2. The van der Waals surface area contributed by atoms with Crippen LogP contribution in [0.1, 0.15) is 31.8 Å². The van der Waals surface area contributed by atoms with Crippen molar-refractivity contribution in [2.75, 3.05) is 0 Å². The molecule has 32 heavy (non-hydrogen) atoms. The summed E-state index contributed by atoms with van der Waals surface area (Å²) in [5, 5.41) is 1.04. The molecule has 0 saturated carbocycles. The van der Waals surface area contributed by atoms with Gasteiger partial charge in [-0.25, -0.2) is 4.79 Å². The number of ether oxygens (including phenoxy) is 2. The highest BCUT2D eigenvalue weighted by Crippen LogP contribution is 2.38. The number of hydrogen-bond donors (Lipinski definition) is 0. The number of ketones is 1. The van der Waals surface area contributed by atoms with Crippen LogP contribution in [0.25, 0.3) is 17.0 Å². The second-order valence-corrected chi connectivity index (χ2v) is 8.58. The molecule has 6 heteroatoms. The Morgan fingerprint density at radius 3 is 2.62 bits per heavy atom. The number of para-hydroxylation sites is 1. The highest BCUT2D eigenvalue weighted by molar-refractivity contribution is 9.10. The molecule has 0 unspecified atom stereocenters. The molecule has 1 aromatic heterocycles. The van der Waals surface area contributed by atoms with Crippen LogP contribution in [0.5, 0.6) is 11.5 Å². The van der Waals surface area contributed by atoms with Gasteiger partial charge in [-0.1, -0.05) is 34.1 Å². The molecule has 5 nitrogen and oxygen atoms in total. The van der Waals surface area contributed by atoms with Crippen LogP contribution >= 0.6 is 15.9 Å². The monoisotopic (exact) mass is 487 g/mol. The highest BCUT2D eigenvalue weighted by atomic mass is 79.9. The van der Waals surface area contributed by atoms with E-state index in [0.29, 0.717) is 28.2 Å². The predicted molar refractivity (Wildman–Crippen MR) is 126 cm³/mol. The Morgan fingerprint density at radius 2 is 1.84 bits per heavy atom. The molecule has 0 spiro atoms. The van der Waals surface area contributed by atoms with Crippen molar-refractivity contribution < 1.29 is 19.1 Å². The third-order valence-corrected chi connectivity index (χ3v) is 5.98. The average molecular weight is 488 g/mol. The average Bonchev–Trinajstić information content (AvgIpc) is 3.25. The van der Waals surface area contributed by atoms with Gasteiger partial charge in [0, 0.05) is 40.2 Å². The van der Waals surface area contributed by atoms with E-state index >= 15 is 0 Å². The Labute approximate surface area is 193 Å². The van der Waals surface area contributed by atoms with E-state index in [1.807, 2.05) is 42.1 Å². The third kappa shape index (κ3) is 3.52. The fourth-order valence-corrected chi connectivity index (χ4v) is 4.18. The lowest BCUT2D eigenvalue weighted by molar-refractivity contribution is 0.0734. The number of nitrogens with zero attached hydrogens (tertiary/aromatic N) is 1. The van der Waals surface area contributed by atoms with Crippen LogP contribution in [-0.2, 0) is 7.05 Å².